The van der Waals surface area contributed by atoms with Gasteiger partial charge in [0.25, 0.3) is 0 Å². The predicted molar refractivity (Wildman–Crippen MR) is 63.1 cm³/mol. The maximum Gasteiger partial charge on any atom is 0.328 e. The lowest BCUT2D eigenvalue weighted by atomic mass is 9.98. The van der Waals surface area contributed by atoms with Gasteiger partial charge in [0.1, 0.15) is 0 Å². The number of hydrogen-bond donors (Lipinski definition) is 1. The summed E-state index contributed by atoms with van der Waals surface area (Å²) in [7, 11) is 0. The fourth-order valence-corrected chi connectivity index (χ4v) is 1.43. The number of carbonyl (C=O) groups is 3. The topological polar surface area (TPSA) is 71.4 Å². The summed E-state index contributed by atoms with van der Waals surface area (Å²) in [5.41, 5.74) is 1.23. The second-order valence-electron chi connectivity index (χ2n) is 3.59. The van der Waals surface area contributed by atoms with Gasteiger partial charge in [-0.05, 0) is 31.6 Å². The van der Waals surface area contributed by atoms with Gasteiger partial charge in [-0.3, -0.25) is 9.59 Å². The lowest BCUT2D eigenvalue weighted by Crippen LogP contribution is -2.04. The second kappa shape index (κ2) is 5.21. The minimum absolute atomic E-state index is 0.191. The Morgan fingerprint density at radius 3 is 2.12 bits per heavy atom. The Hall–Kier alpha value is -2.23. The Balaban J connectivity index is 3.23. The summed E-state index contributed by atoms with van der Waals surface area (Å²) in [6, 6.07) is 4.64. The Labute approximate surface area is 98.6 Å². The van der Waals surface area contributed by atoms with Gasteiger partial charge in [0.2, 0.25) is 0 Å². The van der Waals surface area contributed by atoms with E-state index in [0.29, 0.717) is 16.7 Å². The number of carboxylic acids is 1. The van der Waals surface area contributed by atoms with Crippen LogP contribution in [0.25, 0.3) is 6.08 Å². The molecule has 4 nitrogen and oxygen atoms in total. The number of carboxylic acid groups (broad SMARTS) is 1. The highest BCUT2D eigenvalue weighted by Crippen LogP contribution is 2.15. The molecule has 0 amide bonds. The van der Waals surface area contributed by atoms with Crippen molar-refractivity contribution in [3.63, 3.8) is 0 Å². The van der Waals surface area contributed by atoms with Crippen LogP contribution < -0.4 is 0 Å². The molecule has 0 fully saturated rings. The highest BCUT2D eigenvalue weighted by Gasteiger charge is 2.11. The molecule has 1 N–H and O–H groups in total. The molecular formula is C13H12O4. The number of aliphatic carboxylic acids is 1. The van der Waals surface area contributed by atoms with Crippen LogP contribution in [0.1, 0.15) is 40.1 Å². The monoisotopic (exact) mass is 232 g/mol. The van der Waals surface area contributed by atoms with Crippen molar-refractivity contribution in [2.24, 2.45) is 0 Å². The van der Waals surface area contributed by atoms with Crippen LogP contribution in [0.5, 0.6) is 0 Å². The summed E-state index contributed by atoms with van der Waals surface area (Å²) in [6.07, 6.45) is 2.35. The Kier molecular flexibility index (Phi) is 3.93. The van der Waals surface area contributed by atoms with Gasteiger partial charge in [-0.25, -0.2) is 4.79 Å². The molecule has 0 spiro atoms. The molecule has 0 radical (unpaired) electrons. The SMILES string of the molecule is CC(=O)c1ccc(C=CC(=O)O)cc1C(C)=O. The molecule has 17 heavy (non-hydrogen) atoms. The average Bonchev–Trinajstić information content (AvgIpc) is 2.25. The summed E-state index contributed by atoms with van der Waals surface area (Å²) in [5, 5.41) is 8.49. The molecule has 0 aliphatic rings. The second-order valence-corrected chi connectivity index (χ2v) is 3.59. The number of ketones is 2. The van der Waals surface area contributed by atoms with E-state index in [2.05, 4.69) is 0 Å². The van der Waals surface area contributed by atoms with Crippen molar-refractivity contribution >= 4 is 23.6 Å². The minimum atomic E-state index is -1.06. The van der Waals surface area contributed by atoms with E-state index >= 15 is 0 Å². The molecule has 0 aliphatic carbocycles. The third-order valence-electron chi connectivity index (χ3n) is 2.22. The molecular weight excluding hydrogens is 220 g/mol. The fraction of sp³-hybridized carbons (Fsp3) is 0.154. The molecule has 1 aromatic rings. The van der Waals surface area contributed by atoms with Gasteiger partial charge >= 0.3 is 5.97 Å². The first-order valence-corrected chi connectivity index (χ1v) is 4.98. The van der Waals surface area contributed by atoms with Crippen LogP contribution in [0.3, 0.4) is 0 Å². The van der Waals surface area contributed by atoms with Gasteiger partial charge in [0.15, 0.2) is 11.6 Å². The van der Waals surface area contributed by atoms with Crippen molar-refractivity contribution in [1.29, 1.82) is 0 Å². The highest BCUT2D eigenvalue weighted by atomic mass is 16.4. The Morgan fingerprint density at radius 1 is 1.06 bits per heavy atom. The quantitative estimate of drug-likeness (QED) is 0.638. The van der Waals surface area contributed by atoms with Gasteiger partial charge in [0.05, 0.1) is 0 Å². The molecule has 0 bridgehead atoms. The predicted octanol–water partition coefficient (Wildman–Crippen LogP) is 2.19. The van der Waals surface area contributed by atoms with Crippen molar-refractivity contribution in [2.45, 2.75) is 13.8 Å². The summed E-state index contributed by atoms with van der Waals surface area (Å²) < 4.78 is 0. The first-order chi connectivity index (χ1) is 7.91. The minimum Gasteiger partial charge on any atom is -0.478 e. The van der Waals surface area contributed by atoms with Crippen molar-refractivity contribution in [3.05, 3.63) is 41.0 Å². The molecule has 88 valence electrons. The van der Waals surface area contributed by atoms with Crippen LogP contribution in [-0.4, -0.2) is 22.6 Å². The molecule has 1 rings (SSSR count). The summed E-state index contributed by atoms with van der Waals surface area (Å²) in [6.45, 7) is 2.75. The molecule has 0 unspecified atom stereocenters. The molecule has 0 aromatic heterocycles. The van der Waals surface area contributed by atoms with Crippen molar-refractivity contribution in [3.8, 4) is 0 Å². The summed E-state index contributed by atoms with van der Waals surface area (Å²) in [4.78, 5) is 33.0. The van der Waals surface area contributed by atoms with Crippen LogP contribution >= 0.6 is 0 Å². The van der Waals surface area contributed by atoms with Crippen LogP contribution in [0, 0.1) is 0 Å². The van der Waals surface area contributed by atoms with E-state index in [1.54, 1.807) is 6.07 Å². The van der Waals surface area contributed by atoms with E-state index in [4.69, 9.17) is 5.11 Å². The number of hydrogen-bond acceptors (Lipinski definition) is 3. The van der Waals surface area contributed by atoms with Crippen molar-refractivity contribution in [2.75, 3.05) is 0 Å². The van der Waals surface area contributed by atoms with Gasteiger partial charge < -0.3 is 5.11 Å². The molecule has 0 saturated heterocycles. The zero-order valence-corrected chi connectivity index (χ0v) is 9.56. The van der Waals surface area contributed by atoms with Crippen molar-refractivity contribution < 1.29 is 19.5 Å². The Morgan fingerprint density at radius 2 is 1.65 bits per heavy atom. The van der Waals surface area contributed by atoms with E-state index in [9.17, 15) is 14.4 Å². The maximum atomic E-state index is 11.4. The zero-order valence-electron chi connectivity index (χ0n) is 9.56. The van der Waals surface area contributed by atoms with E-state index in [1.807, 2.05) is 0 Å². The van der Waals surface area contributed by atoms with E-state index in [-0.39, 0.29) is 11.6 Å². The van der Waals surface area contributed by atoms with Crippen LogP contribution in [0.15, 0.2) is 24.3 Å². The zero-order chi connectivity index (χ0) is 13.0. The molecule has 0 saturated carbocycles. The number of benzene rings is 1. The number of rotatable bonds is 4. The third kappa shape index (κ3) is 3.38. The largest absolute Gasteiger partial charge is 0.478 e. The van der Waals surface area contributed by atoms with E-state index in [1.165, 1.54) is 32.1 Å². The maximum absolute atomic E-state index is 11.4. The fourth-order valence-electron chi connectivity index (χ4n) is 1.43. The third-order valence-corrected chi connectivity index (χ3v) is 2.22. The van der Waals surface area contributed by atoms with Gasteiger partial charge in [-0.2, -0.15) is 0 Å². The van der Waals surface area contributed by atoms with Gasteiger partial charge in [-0.1, -0.05) is 12.1 Å². The highest BCUT2D eigenvalue weighted by molar-refractivity contribution is 6.07. The molecule has 0 atom stereocenters. The smallest absolute Gasteiger partial charge is 0.328 e. The number of carbonyl (C=O) groups excluding carboxylic acids is 2. The first kappa shape index (κ1) is 12.8. The summed E-state index contributed by atoms with van der Waals surface area (Å²) in [5.74, 6) is -1.48. The summed E-state index contributed by atoms with van der Waals surface area (Å²) >= 11 is 0. The van der Waals surface area contributed by atoms with Crippen LogP contribution in [0.2, 0.25) is 0 Å². The van der Waals surface area contributed by atoms with Crippen LogP contribution in [0.4, 0.5) is 0 Å². The van der Waals surface area contributed by atoms with E-state index < -0.39 is 5.97 Å². The molecule has 4 heteroatoms. The average molecular weight is 232 g/mol. The van der Waals surface area contributed by atoms with Crippen LogP contribution in [-0.2, 0) is 4.79 Å². The normalized spacial score (nSPS) is 10.5. The number of Topliss-reactive ketones (excluding diaryl/α,β-unsaturated/α-hetero) is 2. The van der Waals surface area contributed by atoms with Gasteiger partial charge in [0, 0.05) is 17.2 Å². The Bertz CT molecular complexity index is 512. The van der Waals surface area contributed by atoms with E-state index in [0.717, 1.165) is 6.08 Å². The molecule has 0 heterocycles. The van der Waals surface area contributed by atoms with Gasteiger partial charge in [-0.15, -0.1) is 0 Å². The standard InChI is InChI=1S/C13H12O4/c1-8(14)11-5-3-10(4-6-13(16)17)7-12(11)9(2)15/h3-7H,1-2H3,(H,16,17). The first-order valence-electron chi connectivity index (χ1n) is 4.98. The van der Waals surface area contributed by atoms with Crippen molar-refractivity contribution in [1.82, 2.24) is 0 Å². The lowest BCUT2D eigenvalue weighted by Gasteiger charge is -2.04. The molecule has 0 aliphatic heterocycles. The molecule has 1 aromatic carbocycles. The lowest BCUT2D eigenvalue weighted by molar-refractivity contribution is -0.131.